The van der Waals surface area contributed by atoms with Gasteiger partial charge in [0.05, 0.1) is 10.0 Å². The lowest BCUT2D eigenvalue weighted by Gasteiger charge is -2.09. The SMILES string of the molecule is Fc1ccc(Br)c(F)c1COc1cccc(Br)c1. The number of halogens is 4. The van der Waals surface area contributed by atoms with E-state index in [9.17, 15) is 8.78 Å². The van der Waals surface area contributed by atoms with Gasteiger partial charge in [0.25, 0.3) is 0 Å². The number of rotatable bonds is 3. The Morgan fingerprint density at radius 3 is 2.56 bits per heavy atom. The summed E-state index contributed by atoms with van der Waals surface area (Å²) in [6.45, 7) is -0.159. The minimum absolute atomic E-state index is 0.0932. The second-order valence-electron chi connectivity index (χ2n) is 3.57. The molecule has 1 nitrogen and oxygen atoms in total. The number of benzene rings is 2. The Labute approximate surface area is 120 Å². The van der Waals surface area contributed by atoms with Crippen LogP contribution in [0.5, 0.6) is 5.75 Å². The fraction of sp³-hybridized carbons (Fsp3) is 0.0769. The predicted molar refractivity (Wildman–Crippen MR) is 72.5 cm³/mol. The van der Waals surface area contributed by atoms with Crippen LogP contribution in [0.25, 0.3) is 0 Å². The molecule has 0 spiro atoms. The van der Waals surface area contributed by atoms with Crippen LogP contribution in [0.2, 0.25) is 0 Å². The van der Waals surface area contributed by atoms with Crippen molar-refractivity contribution in [3.8, 4) is 5.75 Å². The Kier molecular flexibility index (Phi) is 4.35. The average molecular weight is 378 g/mol. The molecule has 2 aromatic rings. The van der Waals surface area contributed by atoms with Crippen LogP contribution in [0.3, 0.4) is 0 Å². The largest absolute Gasteiger partial charge is 0.489 e. The maximum Gasteiger partial charge on any atom is 0.146 e. The van der Waals surface area contributed by atoms with Crippen molar-refractivity contribution in [2.75, 3.05) is 0 Å². The van der Waals surface area contributed by atoms with Gasteiger partial charge in [-0.2, -0.15) is 0 Å². The monoisotopic (exact) mass is 376 g/mol. The van der Waals surface area contributed by atoms with E-state index in [4.69, 9.17) is 4.74 Å². The summed E-state index contributed by atoms with van der Waals surface area (Å²) < 4.78 is 33.6. The van der Waals surface area contributed by atoms with Gasteiger partial charge in [-0.1, -0.05) is 22.0 Å². The Hall–Kier alpha value is -0.940. The summed E-state index contributed by atoms with van der Waals surface area (Å²) in [5.74, 6) is -0.709. The number of hydrogen-bond donors (Lipinski definition) is 0. The van der Waals surface area contributed by atoms with Gasteiger partial charge in [-0.25, -0.2) is 8.78 Å². The maximum absolute atomic E-state index is 13.7. The molecule has 0 atom stereocenters. The molecule has 0 N–H and O–H groups in total. The molecule has 0 bridgehead atoms. The van der Waals surface area contributed by atoms with Crippen LogP contribution in [-0.2, 0) is 6.61 Å². The molecule has 18 heavy (non-hydrogen) atoms. The van der Waals surface area contributed by atoms with Crippen molar-refractivity contribution >= 4 is 31.9 Å². The molecule has 0 saturated heterocycles. The fourth-order valence-corrected chi connectivity index (χ4v) is 2.16. The quantitative estimate of drug-likeness (QED) is 0.678. The van der Waals surface area contributed by atoms with E-state index in [0.29, 0.717) is 5.75 Å². The van der Waals surface area contributed by atoms with E-state index in [1.54, 1.807) is 18.2 Å². The zero-order valence-corrected chi connectivity index (χ0v) is 12.3. The van der Waals surface area contributed by atoms with Crippen molar-refractivity contribution in [2.45, 2.75) is 6.61 Å². The number of hydrogen-bond acceptors (Lipinski definition) is 1. The zero-order valence-electron chi connectivity index (χ0n) is 9.09. The molecule has 2 aromatic carbocycles. The first-order chi connectivity index (χ1) is 8.58. The van der Waals surface area contributed by atoms with Crippen molar-refractivity contribution in [2.24, 2.45) is 0 Å². The van der Waals surface area contributed by atoms with Crippen molar-refractivity contribution in [3.05, 3.63) is 62.5 Å². The lowest BCUT2D eigenvalue weighted by molar-refractivity contribution is 0.292. The Morgan fingerprint density at radius 1 is 1.06 bits per heavy atom. The molecule has 0 radical (unpaired) electrons. The number of ether oxygens (including phenoxy) is 1. The molecule has 0 aliphatic carbocycles. The minimum Gasteiger partial charge on any atom is -0.489 e. The molecular formula is C13H8Br2F2O. The van der Waals surface area contributed by atoms with Gasteiger partial charge in [0, 0.05) is 4.47 Å². The molecule has 5 heteroatoms. The topological polar surface area (TPSA) is 9.23 Å². The van der Waals surface area contributed by atoms with Crippen LogP contribution in [0.15, 0.2) is 45.3 Å². The van der Waals surface area contributed by atoms with Gasteiger partial charge in [-0.05, 0) is 46.3 Å². The molecule has 0 aromatic heterocycles. The van der Waals surface area contributed by atoms with Gasteiger partial charge in [0.2, 0.25) is 0 Å². The smallest absolute Gasteiger partial charge is 0.146 e. The summed E-state index contributed by atoms with van der Waals surface area (Å²) >= 11 is 6.31. The van der Waals surface area contributed by atoms with Gasteiger partial charge >= 0.3 is 0 Å². The average Bonchev–Trinajstić information content (AvgIpc) is 2.34. The second kappa shape index (κ2) is 5.80. The molecule has 0 heterocycles. The third-order valence-electron chi connectivity index (χ3n) is 2.32. The standard InChI is InChI=1S/C13H8Br2F2O/c14-8-2-1-3-9(6-8)18-7-10-12(16)5-4-11(15)13(10)17/h1-6H,7H2. The van der Waals surface area contributed by atoms with Crippen molar-refractivity contribution < 1.29 is 13.5 Å². The third kappa shape index (κ3) is 3.09. The minimum atomic E-state index is -0.634. The van der Waals surface area contributed by atoms with Crippen LogP contribution < -0.4 is 4.74 Å². The summed E-state index contributed by atoms with van der Waals surface area (Å²) in [7, 11) is 0. The first-order valence-electron chi connectivity index (χ1n) is 5.08. The van der Waals surface area contributed by atoms with Crippen LogP contribution in [-0.4, -0.2) is 0 Å². The Bertz CT molecular complexity index is 573. The third-order valence-corrected chi connectivity index (χ3v) is 3.42. The van der Waals surface area contributed by atoms with Gasteiger partial charge in [-0.3, -0.25) is 0 Å². The summed E-state index contributed by atoms with van der Waals surface area (Å²) in [5.41, 5.74) is -0.0932. The molecule has 0 aliphatic heterocycles. The van der Waals surface area contributed by atoms with Crippen LogP contribution in [0.4, 0.5) is 8.78 Å². The highest BCUT2D eigenvalue weighted by Gasteiger charge is 2.12. The molecule has 0 fully saturated rings. The zero-order chi connectivity index (χ0) is 13.1. The van der Waals surface area contributed by atoms with Crippen LogP contribution >= 0.6 is 31.9 Å². The van der Waals surface area contributed by atoms with E-state index in [1.165, 1.54) is 12.1 Å². The fourth-order valence-electron chi connectivity index (χ4n) is 1.41. The first kappa shape index (κ1) is 13.5. The van der Waals surface area contributed by atoms with E-state index in [0.717, 1.165) is 4.47 Å². The molecule has 0 saturated carbocycles. The summed E-state index contributed by atoms with van der Waals surface area (Å²) in [5, 5.41) is 0. The van der Waals surface area contributed by atoms with Crippen molar-refractivity contribution in [1.29, 1.82) is 0 Å². The van der Waals surface area contributed by atoms with Crippen molar-refractivity contribution in [1.82, 2.24) is 0 Å². The molecule has 0 unspecified atom stereocenters. The first-order valence-corrected chi connectivity index (χ1v) is 6.67. The lowest BCUT2D eigenvalue weighted by Crippen LogP contribution is -2.02. The van der Waals surface area contributed by atoms with E-state index in [2.05, 4.69) is 31.9 Å². The molecule has 0 amide bonds. The highest BCUT2D eigenvalue weighted by atomic mass is 79.9. The highest BCUT2D eigenvalue weighted by Crippen LogP contribution is 2.24. The van der Waals surface area contributed by atoms with Crippen LogP contribution in [0, 0.1) is 11.6 Å². The molecule has 94 valence electrons. The summed E-state index contributed by atoms with van der Waals surface area (Å²) in [6, 6.07) is 9.60. The summed E-state index contributed by atoms with van der Waals surface area (Å²) in [4.78, 5) is 0. The van der Waals surface area contributed by atoms with E-state index in [-0.39, 0.29) is 16.6 Å². The predicted octanol–water partition coefficient (Wildman–Crippen LogP) is 5.07. The Balaban J connectivity index is 2.18. The van der Waals surface area contributed by atoms with Gasteiger partial charge < -0.3 is 4.74 Å². The second-order valence-corrected chi connectivity index (χ2v) is 5.34. The molecule has 0 aliphatic rings. The van der Waals surface area contributed by atoms with Gasteiger partial charge in [-0.15, -0.1) is 0 Å². The Morgan fingerprint density at radius 2 is 1.83 bits per heavy atom. The molecular weight excluding hydrogens is 370 g/mol. The van der Waals surface area contributed by atoms with Gasteiger partial charge in [0.1, 0.15) is 24.0 Å². The van der Waals surface area contributed by atoms with Gasteiger partial charge in [0.15, 0.2) is 0 Å². The van der Waals surface area contributed by atoms with Crippen LogP contribution in [0.1, 0.15) is 5.56 Å². The highest BCUT2D eigenvalue weighted by molar-refractivity contribution is 9.10. The summed E-state index contributed by atoms with van der Waals surface area (Å²) in [6.07, 6.45) is 0. The maximum atomic E-state index is 13.7. The molecule has 2 rings (SSSR count). The van der Waals surface area contributed by atoms with E-state index in [1.807, 2.05) is 6.07 Å². The lowest BCUT2D eigenvalue weighted by atomic mass is 10.2. The normalized spacial score (nSPS) is 10.4. The van der Waals surface area contributed by atoms with E-state index < -0.39 is 11.6 Å². The van der Waals surface area contributed by atoms with Crippen molar-refractivity contribution in [3.63, 3.8) is 0 Å². The van der Waals surface area contributed by atoms with E-state index >= 15 is 0 Å².